The lowest BCUT2D eigenvalue weighted by Gasteiger charge is -2.18. The summed E-state index contributed by atoms with van der Waals surface area (Å²) in [4.78, 5) is 0. The lowest BCUT2D eigenvalue weighted by atomic mass is 9.85. The van der Waals surface area contributed by atoms with Gasteiger partial charge >= 0.3 is 0 Å². The summed E-state index contributed by atoms with van der Waals surface area (Å²) in [6.45, 7) is 0. The lowest BCUT2D eigenvalue weighted by molar-refractivity contribution is 1.63. The van der Waals surface area contributed by atoms with E-state index in [0.717, 1.165) is 0 Å². The Morgan fingerprint density at radius 2 is 0.741 bits per heavy atom. The molecule has 0 aliphatic heterocycles. The van der Waals surface area contributed by atoms with Crippen molar-refractivity contribution in [1.82, 2.24) is 0 Å². The molecule has 0 atom stereocenters. The van der Waals surface area contributed by atoms with E-state index in [9.17, 15) is 0 Å². The molecule has 2 heteroatoms. The zero-order chi connectivity index (χ0) is 35.3. The summed E-state index contributed by atoms with van der Waals surface area (Å²) < 4.78 is 5.48. The first-order valence-electron chi connectivity index (χ1n) is 18.5. The van der Waals surface area contributed by atoms with Crippen molar-refractivity contribution in [3.8, 4) is 33.4 Å². The van der Waals surface area contributed by atoms with Gasteiger partial charge in [-0.25, -0.2) is 0 Å². The van der Waals surface area contributed by atoms with Crippen LogP contribution in [0.25, 0.3) is 117 Å². The molecule has 12 rings (SSSR count). The Morgan fingerprint density at radius 3 is 1.41 bits per heavy atom. The first-order valence-corrected chi connectivity index (χ1v) is 20.1. The van der Waals surface area contributed by atoms with Gasteiger partial charge in [-0.15, -0.1) is 22.7 Å². The zero-order valence-corrected chi connectivity index (χ0v) is 30.8. The normalized spacial score (nSPS) is 12.1. The summed E-state index contributed by atoms with van der Waals surface area (Å²) in [6, 6.07) is 67.6. The Kier molecular flexibility index (Phi) is 6.48. The minimum absolute atomic E-state index is 1.23. The van der Waals surface area contributed by atoms with E-state index in [1.54, 1.807) is 0 Å². The van der Waals surface area contributed by atoms with Gasteiger partial charge in [0.2, 0.25) is 0 Å². The van der Waals surface area contributed by atoms with Crippen LogP contribution in [0.5, 0.6) is 0 Å². The fourth-order valence-electron chi connectivity index (χ4n) is 9.14. The SMILES string of the molecule is c1cc(-c2cccc3ccccc23)cc(-c2c3ccccc3c(-c3ccc4sc5c6sc7ccccc7c6c6ccccc6c5c4c3)c3ccccc23)c1. The predicted octanol–water partition coefficient (Wildman–Crippen LogP) is 16.0. The van der Waals surface area contributed by atoms with Crippen LogP contribution in [0.1, 0.15) is 0 Å². The highest BCUT2D eigenvalue weighted by molar-refractivity contribution is 7.33. The topological polar surface area (TPSA) is 0 Å². The van der Waals surface area contributed by atoms with Gasteiger partial charge in [0.15, 0.2) is 0 Å². The molecule has 0 aliphatic rings. The molecule has 0 radical (unpaired) electrons. The average molecular weight is 719 g/mol. The van der Waals surface area contributed by atoms with E-state index in [2.05, 4.69) is 182 Å². The molecule has 0 saturated heterocycles. The van der Waals surface area contributed by atoms with Gasteiger partial charge in [0.1, 0.15) is 0 Å². The minimum atomic E-state index is 1.23. The van der Waals surface area contributed by atoms with E-state index in [4.69, 9.17) is 0 Å². The molecule has 0 amide bonds. The van der Waals surface area contributed by atoms with Gasteiger partial charge in [-0.3, -0.25) is 0 Å². The third-order valence-electron chi connectivity index (χ3n) is 11.4. The van der Waals surface area contributed by atoms with Crippen molar-refractivity contribution in [1.29, 1.82) is 0 Å². The van der Waals surface area contributed by atoms with Gasteiger partial charge in [-0.1, -0.05) is 158 Å². The van der Waals surface area contributed by atoms with E-state index in [1.165, 1.54) is 117 Å². The Labute approximate surface area is 319 Å². The van der Waals surface area contributed by atoms with Crippen LogP contribution in [-0.2, 0) is 0 Å². The molecular formula is C52H30S2. The van der Waals surface area contributed by atoms with Gasteiger partial charge in [-0.2, -0.15) is 0 Å². The third-order valence-corrected chi connectivity index (χ3v) is 13.9. The molecule has 0 unspecified atom stereocenters. The smallest absolute Gasteiger partial charge is 0.0540 e. The van der Waals surface area contributed by atoms with Gasteiger partial charge in [0.05, 0.1) is 9.40 Å². The molecule has 0 nitrogen and oxygen atoms in total. The van der Waals surface area contributed by atoms with Crippen molar-refractivity contribution >= 4 is 106 Å². The van der Waals surface area contributed by atoms with Crippen LogP contribution in [0.15, 0.2) is 182 Å². The second kappa shape index (κ2) is 11.6. The zero-order valence-electron chi connectivity index (χ0n) is 29.1. The van der Waals surface area contributed by atoms with Gasteiger partial charge in [-0.05, 0) is 101 Å². The van der Waals surface area contributed by atoms with Crippen molar-refractivity contribution in [3.63, 3.8) is 0 Å². The highest BCUT2D eigenvalue weighted by atomic mass is 32.1. The summed E-state index contributed by atoms with van der Waals surface area (Å²) in [6.07, 6.45) is 0. The number of hydrogen-bond donors (Lipinski definition) is 0. The molecular weight excluding hydrogens is 689 g/mol. The lowest BCUT2D eigenvalue weighted by Crippen LogP contribution is -1.91. The summed E-state index contributed by atoms with van der Waals surface area (Å²) in [5.41, 5.74) is 7.56. The number of rotatable bonds is 3. The summed E-state index contributed by atoms with van der Waals surface area (Å²) >= 11 is 3.88. The largest absolute Gasteiger partial charge is 0.134 e. The van der Waals surface area contributed by atoms with Crippen LogP contribution in [0, 0.1) is 0 Å². The molecule has 0 aliphatic carbocycles. The highest BCUT2D eigenvalue weighted by Crippen LogP contribution is 2.51. The summed E-state index contributed by atoms with van der Waals surface area (Å²) in [5.74, 6) is 0. The molecule has 2 aromatic heterocycles. The number of thiophene rings is 2. The van der Waals surface area contributed by atoms with Crippen LogP contribution < -0.4 is 0 Å². The highest BCUT2D eigenvalue weighted by Gasteiger charge is 2.21. The molecule has 250 valence electrons. The molecule has 0 spiro atoms. The van der Waals surface area contributed by atoms with Gasteiger partial charge < -0.3 is 0 Å². The van der Waals surface area contributed by atoms with Crippen LogP contribution in [0.4, 0.5) is 0 Å². The van der Waals surface area contributed by atoms with E-state index in [-0.39, 0.29) is 0 Å². The Bertz CT molecular complexity index is 3440. The number of benzene rings is 10. The summed E-state index contributed by atoms with van der Waals surface area (Å²) in [5, 5.41) is 15.8. The maximum atomic E-state index is 2.48. The maximum Gasteiger partial charge on any atom is 0.0540 e. The van der Waals surface area contributed by atoms with Gasteiger partial charge in [0.25, 0.3) is 0 Å². The average Bonchev–Trinajstić information content (AvgIpc) is 3.82. The van der Waals surface area contributed by atoms with Crippen molar-refractivity contribution in [2.45, 2.75) is 0 Å². The molecule has 10 aromatic carbocycles. The maximum absolute atomic E-state index is 2.48. The van der Waals surface area contributed by atoms with Crippen LogP contribution in [0.2, 0.25) is 0 Å². The van der Waals surface area contributed by atoms with E-state index >= 15 is 0 Å². The third kappa shape index (κ3) is 4.30. The second-order valence-corrected chi connectivity index (χ2v) is 16.4. The fraction of sp³-hybridized carbons (Fsp3) is 0. The summed E-state index contributed by atoms with van der Waals surface area (Å²) in [7, 11) is 0. The molecule has 0 fully saturated rings. The van der Waals surface area contributed by atoms with Crippen molar-refractivity contribution in [3.05, 3.63) is 182 Å². The molecule has 12 aromatic rings. The second-order valence-electron chi connectivity index (χ2n) is 14.3. The van der Waals surface area contributed by atoms with E-state index in [0.29, 0.717) is 0 Å². The molecule has 0 bridgehead atoms. The predicted molar refractivity (Wildman–Crippen MR) is 239 cm³/mol. The van der Waals surface area contributed by atoms with Crippen LogP contribution in [0.3, 0.4) is 0 Å². The Hall–Kier alpha value is -6.32. The van der Waals surface area contributed by atoms with E-state index in [1.807, 2.05) is 22.7 Å². The number of hydrogen-bond acceptors (Lipinski definition) is 2. The Morgan fingerprint density at radius 1 is 0.278 bits per heavy atom. The molecule has 0 saturated carbocycles. The first-order chi connectivity index (χ1) is 26.8. The van der Waals surface area contributed by atoms with Crippen molar-refractivity contribution in [2.75, 3.05) is 0 Å². The molecule has 2 heterocycles. The standard InChI is InChI=1S/C52H30S2/c1-2-17-35-31(13-1)14-12-25-36(35)32-15-11-16-33(29-32)47-37-18-3-5-20-39(37)48(40-21-6-4-19-38(40)47)34-27-28-46-44(30-34)50-42-23-8-7-22-41(42)49-43-24-9-10-26-45(43)53-51(49)52(50)54-46/h1-30H. The quantitative estimate of drug-likeness (QED) is 0.160. The fourth-order valence-corrected chi connectivity index (χ4v) is 11.7. The minimum Gasteiger partial charge on any atom is -0.134 e. The van der Waals surface area contributed by atoms with Crippen LogP contribution in [-0.4, -0.2) is 0 Å². The number of fused-ring (bicyclic) bond motifs is 13. The molecule has 54 heavy (non-hydrogen) atoms. The van der Waals surface area contributed by atoms with Crippen molar-refractivity contribution in [2.24, 2.45) is 0 Å². The van der Waals surface area contributed by atoms with Crippen LogP contribution >= 0.6 is 22.7 Å². The van der Waals surface area contributed by atoms with E-state index < -0.39 is 0 Å². The van der Waals surface area contributed by atoms with Crippen molar-refractivity contribution < 1.29 is 0 Å². The monoisotopic (exact) mass is 718 g/mol. The first kappa shape index (κ1) is 30.2. The molecule has 0 N–H and O–H groups in total. The van der Waals surface area contributed by atoms with Gasteiger partial charge in [0, 0.05) is 30.9 Å². The Balaban J connectivity index is 1.13.